The molecular weight excluding hydrogens is 381 g/mol. The van der Waals surface area contributed by atoms with E-state index in [0.29, 0.717) is 41.9 Å². The molecule has 6 nitrogen and oxygen atoms in total. The Bertz CT molecular complexity index is 1050. The molecule has 0 spiro atoms. The molecule has 28 heavy (non-hydrogen) atoms. The molecule has 0 bridgehead atoms. The number of nitrogens with two attached hydrogens (primary N) is 1. The molecule has 0 fully saturated rings. The van der Waals surface area contributed by atoms with Crippen LogP contribution in [0.15, 0.2) is 24.3 Å². The van der Waals surface area contributed by atoms with E-state index < -0.39 is 5.60 Å². The molecule has 3 rings (SSSR count). The predicted octanol–water partition coefficient (Wildman–Crippen LogP) is 3.56. The van der Waals surface area contributed by atoms with E-state index in [1.165, 1.54) is 12.1 Å². The average molecular weight is 404 g/mol. The number of hydrogen-bond acceptors (Lipinski definition) is 5. The summed E-state index contributed by atoms with van der Waals surface area (Å²) in [5.74, 6) is 6.31. The van der Waals surface area contributed by atoms with E-state index in [1.54, 1.807) is 12.1 Å². The molecule has 2 aromatic heterocycles. The lowest BCUT2D eigenvalue weighted by molar-refractivity contribution is 0.0931. The van der Waals surface area contributed by atoms with Crippen LogP contribution in [0.1, 0.15) is 39.4 Å². The van der Waals surface area contributed by atoms with Crippen LogP contribution in [0.4, 0.5) is 10.2 Å². The SMILES string of the molecule is CCn1c(-c2cccc(F)c2)nc2c(N)nc(C#CC(O)(CC)CC)nc21.Cl. The van der Waals surface area contributed by atoms with E-state index in [4.69, 9.17) is 5.73 Å². The number of anilines is 1. The molecule has 0 aliphatic heterocycles. The number of fused-ring (bicyclic) bond motifs is 1. The van der Waals surface area contributed by atoms with Crippen LogP contribution in [0.25, 0.3) is 22.6 Å². The smallest absolute Gasteiger partial charge is 0.209 e. The van der Waals surface area contributed by atoms with E-state index in [0.717, 1.165) is 0 Å². The molecule has 1 aromatic carbocycles. The van der Waals surface area contributed by atoms with Crippen LogP contribution in [-0.2, 0) is 6.54 Å². The van der Waals surface area contributed by atoms with Crippen molar-refractivity contribution in [2.45, 2.75) is 45.8 Å². The van der Waals surface area contributed by atoms with Crippen molar-refractivity contribution in [2.75, 3.05) is 5.73 Å². The Morgan fingerprint density at radius 1 is 1.18 bits per heavy atom. The van der Waals surface area contributed by atoms with Crippen LogP contribution in [-0.4, -0.2) is 30.2 Å². The molecule has 3 N–H and O–H groups in total. The maximum atomic E-state index is 13.6. The normalized spacial score (nSPS) is 11.0. The summed E-state index contributed by atoms with van der Waals surface area (Å²) in [6.45, 7) is 6.25. The lowest BCUT2D eigenvalue weighted by Gasteiger charge is -2.16. The number of halogens is 2. The molecular formula is C20H23ClFN5O. The van der Waals surface area contributed by atoms with E-state index >= 15 is 0 Å². The van der Waals surface area contributed by atoms with Crippen molar-refractivity contribution < 1.29 is 9.50 Å². The molecule has 0 unspecified atom stereocenters. The lowest BCUT2D eigenvalue weighted by Crippen LogP contribution is -2.23. The van der Waals surface area contributed by atoms with Gasteiger partial charge < -0.3 is 15.4 Å². The number of hydrogen-bond donors (Lipinski definition) is 2. The number of aliphatic hydroxyl groups is 1. The summed E-state index contributed by atoms with van der Waals surface area (Å²) >= 11 is 0. The van der Waals surface area contributed by atoms with Crippen LogP contribution in [0.2, 0.25) is 0 Å². The highest BCUT2D eigenvalue weighted by atomic mass is 35.5. The second kappa shape index (κ2) is 8.55. The van der Waals surface area contributed by atoms with Gasteiger partial charge in [0.25, 0.3) is 0 Å². The zero-order chi connectivity index (χ0) is 19.6. The van der Waals surface area contributed by atoms with Gasteiger partial charge in [-0.3, -0.25) is 0 Å². The third kappa shape index (κ3) is 4.08. The summed E-state index contributed by atoms with van der Waals surface area (Å²) in [5, 5.41) is 10.3. The molecule has 0 saturated heterocycles. The van der Waals surface area contributed by atoms with Gasteiger partial charge in [0.15, 0.2) is 17.0 Å². The molecule has 148 valence electrons. The zero-order valence-corrected chi connectivity index (χ0v) is 16.8. The summed E-state index contributed by atoms with van der Waals surface area (Å²) in [6, 6.07) is 6.21. The monoisotopic (exact) mass is 403 g/mol. The number of imidazole rings is 1. The average Bonchev–Trinajstić information content (AvgIpc) is 3.05. The number of rotatable bonds is 4. The van der Waals surface area contributed by atoms with Crippen LogP contribution >= 0.6 is 12.4 Å². The second-order valence-electron chi connectivity index (χ2n) is 6.28. The highest BCUT2D eigenvalue weighted by molar-refractivity contribution is 5.86. The summed E-state index contributed by atoms with van der Waals surface area (Å²) in [7, 11) is 0. The first kappa shape index (κ1) is 21.6. The van der Waals surface area contributed by atoms with Crippen LogP contribution in [0.5, 0.6) is 0 Å². The lowest BCUT2D eigenvalue weighted by atomic mass is 9.98. The Hall–Kier alpha value is -2.69. The molecule has 0 amide bonds. The Morgan fingerprint density at radius 2 is 1.89 bits per heavy atom. The van der Waals surface area contributed by atoms with Crippen LogP contribution < -0.4 is 5.73 Å². The summed E-state index contributed by atoms with van der Waals surface area (Å²) in [6.07, 6.45) is 1.01. The van der Waals surface area contributed by atoms with Gasteiger partial charge in [-0.05, 0) is 37.8 Å². The third-order valence-electron chi connectivity index (χ3n) is 4.60. The fourth-order valence-corrected chi connectivity index (χ4v) is 2.82. The summed E-state index contributed by atoms with van der Waals surface area (Å²) in [5.41, 5.74) is 6.61. The Morgan fingerprint density at radius 3 is 2.50 bits per heavy atom. The van der Waals surface area contributed by atoms with Gasteiger partial charge in [0.1, 0.15) is 17.2 Å². The van der Waals surface area contributed by atoms with Gasteiger partial charge in [-0.15, -0.1) is 12.4 Å². The number of benzene rings is 1. The minimum absolute atomic E-state index is 0. The van der Waals surface area contributed by atoms with E-state index in [1.807, 2.05) is 25.3 Å². The van der Waals surface area contributed by atoms with Crippen molar-refractivity contribution in [2.24, 2.45) is 0 Å². The molecule has 3 aromatic rings. The quantitative estimate of drug-likeness (QED) is 0.650. The fraction of sp³-hybridized carbons (Fsp3) is 0.350. The van der Waals surface area contributed by atoms with Gasteiger partial charge in [-0.2, -0.15) is 0 Å². The zero-order valence-electron chi connectivity index (χ0n) is 16.0. The van der Waals surface area contributed by atoms with Crippen molar-refractivity contribution in [3.8, 4) is 23.2 Å². The maximum absolute atomic E-state index is 13.6. The van der Waals surface area contributed by atoms with Gasteiger partial charge in [0, 0.05) is 12.1 Å². The van der Waals surface area contributed by atoms with Crippen LogP contribution in [0.3, 0.4) is 0 Å². The summed E-state index contributed by atoms with van der Waals surface area (Å²) in [4.78, 5) is 13.2. The van der Waals surface area contributed by atoms with E-state index in [-0.39, 0.29) is 29.9 Å². The first-order valence-electron chi connectivity index (χ1n) is 8.96. The number of aromatic nitrogens is 4. The van der Waals surface area contributed by atoms with Gasteiger partial charge in [0.2, 0.25) is 5.82 Å². The third-order valence-corrected chi connectivity index (χ3v) is 4.60. The van der Waals surface area contributed by atoms with E-state index in [9.17, 15) is 9.50 Å². The van der Waals surface area contributed by atoms with Crippen molar-refractivity contribution in [3.05, 3.63) is 35.9 Å². The van der Waals surface area contributed by atoms with Crippen molar-refractivity contribution in [1.82, 2.24) is 19.5 Å². The highest BCUT2D eigenvalue weighted by Gasteiger charge is 2.19. The fourth-order valence-electron chi connectivity index (χ4n) is 2.82. The van der Waals surface area contributed by atoms with E-state index in [2.05, 4.69) is 26.8 Å². The van der Waals surface area contributed by atoms with Crippen LogP contribution in [0, 0.1) is 17.7 Å². The number of aryl methyl sites for hydroxylation is 1. The molecule has 0 atom stereocenters. The van der Waals surface area contributed by atoms with Gasteiger partial charge in [-0.1, -0.05) is 31.9 Å². The first-order valence-corrected chi connectivity index (χ1v) is 8.96. The largest absolute Gasteiger partial charge is 0.382 e. The van der Waals surface area contributed by atoms with Crippen molar-refractivity contribution in [3.63, 3.8) is 0 Å². The minimum atomic E-state index is -1.08. The summed E-state index contributed by atoms with van der Waals surface area (Å²) < 4.78 is 15.5. The Labute approximate surface area is 169 Å². The molecule has 0 radical (unpaired) electrons. The Balaban J connectivity index is 0.00000280. The first-order chi connectivity index (χ1) is 12.9. The standard InChI is InChI=1S/C20H22FN5O.ClH/c1-4-20(27,5-2)11-10-15-23-17(22)16-19(24-15)26(6-3)18(25-16)13-8-7-9-14(21)12-13;/h7-9,12,27H,4-6H2,1-3H3,(H2,22,23,24);1H. The predicted molar refractivity (Wildman–Crippen MR) is 110 cm³/mol. The molecule has 0 aliphatic rings. The van der Waals surface area contributed by atoms with Crippen molar-refractivity contribution in [1.29, 1.82) is 0 Å². The topological polar surface area (TPSA) is 89.9 Å². The molecule has 0 saturated carbocycles. The van der Waals surface area contributed by atoms with Gasteiger partial charge in [0.05, 0.1) is 0 Å². The maximum Gasteiger partial charge on any atom is 0.209 e. The minimum Gasteiger partial charge on any atom is -0.382 e. The number of nitrogens with zero attached hydrogens (tertiary/aromatic N) is 4. The Kier molecular flexibility index (Phi) is 6.60. The van der Waals surface area contributed by atoms with Gasteiger partial charge in [-0.25, -0.2) is 19.3 Å². The van der Waals surface area contributed by atoms with Gasteiger partial charge >= 0.3 is 0 Å². The second-order valence-corrected chi connectivity index (χ2v) is 6.28. The molecule has 8 heteroatoms. The highest BCUT2D eigenvalue weighted by Crippen LogP contribution is 2.26. The molecule has 2 heterocycles. The molecule has 0 aliphatic carbocycles. The van der Waals surface area contributed by atoms with Crippen molar-refractivity contribution >= 4 is 29.4 Å². The number of nitrogen functional groups attached to an aromatic ring is 1.